The average molecular weight is 272 g/mol. The fourth-order valence-corrected chi connectivity index (χ4v) is 1.30. The monoisotopic (exact) mass is 272 g/mol. The average Bonchev–Trinajstić information content (AvgIpc) is 2.42. The van der Waals surface area contributed by atoms with Crippen LogP contribution >= 0.6 is 0 Å². The van der Waals surface area contributed by atoms with Crippen LogP contribution in [0.4, 0.5) is 0 Å². The second-order valence-corrected chi connectivity index (χ2v) is 4.20. The Morgan fingerprint density at radius 1 is 1.16 bits per heavy atom. The van der Waals surface area contributed by atoms with Crippen LogP contribution in [-0.2, 0) is 28.6 Å². The third kappa shape index (κ3) is 3.81. The van der Waals surface area contributed by atoms with Gasteiger partial charge in [-0.1, -0.05) is 6.08 Å². The highest BCUT2D eigenvalue weighted by Crippen LogP contribution is 2.26. The second-order valence-electron chi connectivity index (χ2n) is 4.20. The molecule has 108 valence electrons. The van der Waals surface area contributed by atoms with Gasteiger partial charge >= 0.3 is 17.9 Å². The normalized spacial score (nSPS) is 16.0. The molecule has 0 aliphatic heterocycles. The Labute approximate surface area is 112 Å². The van der Waals surface area contributed by atoms with E-state index < -0.39 is 29.4 Å². The molecule has 0 aromatic carbocycles. The molecule has 19 heavy (non-hydrogen) atoms. The summed E-state index contributed by atoms with van der Waals surface area (Å²) in [6.07, 6.45) is 1.54. The van der Waals surface area contributed by atoms with Crippen molar-refractivity contribution in [3.63, 3.8) is 0 Å². The molecule has 0 saturated heterocycles. The van der Waals surface area contributed by atoms with E-state index in [-0.39, 0.29) is 0 Å². The number of carbonyl (C=O) groups excluding carboxylic acids is 3. The van der Waals surface area contributed by atoms with Crippen molar-refractivity contribution >= 4 is 17.9 Å². The molecule has 0 aliphatic rings. The van der Waals surface area contributed by atoms with Gasteiger partial charge in [0.1, 0.15) is 5.92 Å². The van der Waals surface area contributed by atoms with E-state index >= 15 is 0 Å². The van der Waals surface area contributed by atoms with Gasteiger partial charge in [0, 0.05) is 5.57 Å². The molecule has 0 aromatic rings. The summed E-state index contributed by atoms with van der Waals surface area (Å²) >= 11 is 0. The Balaban J connectivity index is 5.37. The van der Waals surface area contributed by atoms with Gasteiger partial charge in [0.15, 0.2) is 0 Å². The molecule has 2 atom stereocenters. The Morgan fingerprint density at radius 3 is 2.05 bits per heavy atom. The minimum absolute atomic E-state index is 0.326. The van der Waals surface area contributed by atoms with Crippen molar-refractivity contribution in [2.75, 3.05) is 14.2 Å². The second kappa shape index (κ2) is 6.92. The molecule has 0 N–H and O–H groups in total. The fourth-order valence-electron chi connectivity index (χ4n) is 1.30. The molecule has 2 unspecified atom stereocenters. The molecule has 0 bridgehead atoms. The molecule has 0 rings (SSSR count). The van der Waals surface area contributed by atoms with Crippen LogP contribution in [0.2, 0.25) is 0 Å². The van der Waals surface area contributed by atoms with Gasteiger partial charge in [-0.2, -0.15) is 0 Å². The smallest absolute Gasteiger partial charge is 0.350 e. The van der Waals surface area contributed by atoms with E-state index in [2.05, 4.69) is 9.47 Å². The van der Waals surface area contributed by atoms with Crippen LogP contribution in [0.25, 0.3) is 0 Å². The Morgan fingerprint density at radius 2 is 1.68 bits per heavy atom. The van der Waals surface area contributed by atoms with Gasteiger partial charge in [-0.05, 0) is 27.7 Å². The lowest BCUT2D eigenvalue weighted by Gasteiger charge is -2.30. The van der Waals surface area contributed by atoms with Gasteiger partial charge in [-0.3, -0.25) is 4.79 Å². The van der Waals surface area contributed by atoms with Gasteiger partial charge in [0.2, 0.25) is 5.60 Å². The SMILES string of the molecule is C/C=C(\C)C(=O)OC(C)(C(=O)OC)C(C)C(=O)OC. The number of methoxy groups -OCH3 is 2. The van der Waals surface area contributed by atoms with E-state index in [1.165, 1.54) is 21.0 Å². The number of allylic oxidation sites excluding steroid dienone is 1. The first-order valence-electron chi connectivity index (χ1n) is 5.77. The van der Waals surface area contributed by atoms with Gasteiger partial charge in [0.05, 0.1) is 14.2 Å². The lowest BCUT2D eigenvalue weighted by molar-refractivity contribution is -0.187. The first-order valence-corrected chi connectivity index (χ1v) is 5.77. The summed E-state index contributed by atoms with van der Waals surface area (Å²) in [5.74, 6) is -3.16. The van der Waals surface area contributed by atoms with Crippen molar-refractivity contribution in [2.45, 2.75) is 33.3 Å². The molecule has 0 radical (unpaired) electrons. The standard InChI is InChI=1S/C13H20O6/c1-7-8(2)10(14)19-13(4,12(16)18-6)9(3)11(15)17-5/h7,9H,1-6H3/b8-7+. The molecule has 0 aliphatic carbocycles. The van der Waals surface area contributed by atoms with Crippen molar-refractivity contribution in [1.82, 2.24) is 0 Å². The molecular weight excluding hydrogens is 252 g/mol. The summed E-state index contributed by atoms with van der Waals surface area (Å²) in [6.45, 7) is 5.96. The van der Waals surface area contributed by atoms with Gasteiger partial charge < -0.3 is 14.2 Å². The quantitative estimate of drug-likeness (QED) is 0.425. The largest absolute Gasteiger partial charge is 0.469 e. The maximum atomic E-state index is 11.8. The van der Waals surface area contributed by atoms with E-state index in [9.17, 15) is 14.4 Å². The molecule has 6 nitrogen and oxygen atoms in total. The summed E-state index contributed by atoms with van der Waals surface area (Å²) in [6, 6.07) is 0. The maximum Gasteiger partial charge on any atom is 0.350 e. The molecule has 0 amide bonds. The molecule has 0 spiro atoms. The number of hydrogen-bond donors (Lipinski definition) is 0. The molecule has 0 aromatic heterocycles. The van der Waals surface area contributed by atoms with Gasteiger partial charge in [-0.25, -0.2) is 9.59 Å². The van der Waals surface area contributed by atoms with Crippen molar-refractivity contribution in [3.05, 3.63) is 11.6 Å². The van der Waals surface area contributed by atoms with Crippen LogP contribution in [0.1, 0.15) is 27.7 Å². The summed E-state index contributed by atoms with van der Waals surface area (Å²) in [4.78, 5) is 35.2. The highest BCUT2D eigenvalue weighted by Gasteiger charge is 2.48. The summed E-state index contributed by atoms with van der Waals surface area (Å²) in [5, 5.41) is 0. The lowest BCUT2D eigenvalue weighted by atomic mass is 9.90. The molecule has 0 heterocycles. The van der Waals surface area contributed by atoms with Gasteiger partial charge in [0.25, 0.3) is 0 Å². The number of ether oxygens (including phenoxy) is 3. The summed E-state index contributed by atoms with van der Waals surface area (Å²) in [5.41, 5.74) is -1.41. The summed E-state index contributed by atoms with van der Waals surface area (Å²) < 4.78 is 14.3. The van der Waals surface area contributed by atoms with Crippen LogP contribution in [-0.4, -0.2) is 37.7 Å². The molecular formula is C13H20O6. The number of rotatable bonds is 5. The molecule has 0 fully saturated rings. The van der Waals surface area contributed by atoms with Crippen molar-refractivity contribution < 1.29 is 28.6 Å². The van der Waals surface area contributed by atoms with Crippen molar-refractivity contribution in [1.29, 1.82) is 0 Å². The lowest BCUT2D eigenvalue weighted by Crippen LogP contribution is -2.50. The fraction of sp³-hybridized carbons (Fsp3) is 0.615. The highest BCUT2D eigenvalue weighted by atomic mass is 16.6. The van der Waals surface area contributed by atoms with Crippen LogP contribution in [0.15, 0.2) is 11.6 Å². The van der Waals surface area contributed by atoms with E-state index in [0.29, 0.717) is 5.57 Å². The zero-order valence-electron chi connectivity index (χ0n) is 12.1. The first-order chi connectivity index (χ1) is 8.74. The van der Waals surface area contributed by atoms with E-state index in [0.717, 1.165) is 7.11 Å². The highest BCUT2D eigenvalue weighted by molar-refractivity contribution is 5.93. The zero-order valence-corrected chi connectivity index (χ0v) is 12.1. The number of esters is 3. The zero-order chi connectivity index (χ0) is 15.2. The Bertz CT molecular complexity index is 398. The predicted molar refractivity (Wildman–Crippen MR) is 67.1 cm³/mol. The number of carbonyl (C=O) groups is 3. The van der Waals surface area contributed by atoms with E-state index in [1.807, 2.05) is 0 Å². The molecule has 0 saturated carbocycles. The Hall–Kier alpha value is -1.85. The Kier molecular flexibility index (Phi) is 6.24. The van der Waals surface area contributed by atoms with Crippen LogP contribution in [0, 0.1) is 5.92 Å². The van der Waals surface area contributed by atoms with Crippen LogP contribution in [0.3, 0.4) is 0 Å². The van der Waals surface area contributed by atoms with Crippen LogP contribution in [0.5, 0.6) is 0 Å². The van der Waals surface area contributed by atoms with Crippen LogP contribution < -0.4 is 0 Å². The van der Waals surface area contributed by atoms with E-state index in [1.54, 1.807) is 19.9 Å². The van der Waals surface area contributed by atoms with E-state index in [4.69, 9.17) is 4.74 Å². The maximum absolute atomic E-state index is 11.8. The van der Waals surface area contributed by atoms with Crippen molar-refractivity contribution in [2.24, 2.45) is 5.92 Å². The topological polar surface area (TPSA) is 78.9 Å². The summed E-state index contributed by atoms with van der Waals surface area (Å²) in [7, 11) is 2.34. The minimum atomic E-state index is -1.73. The number of hydrogen-bond acceptors (Lipinski definition) is 6. The minimum Gasteiger partial charge on any atom is -0.469 e. The first kappa shape index (κ1) is 17.2. The molecule has 6 heteroatoms. The van der Waals surface area contributed by atoms with Gasteiger partial charge in [-0.15, -0.1) is 0 Å². The third-order valence-corrected chi connectivity index (χ3v) is 3.03. The predicted octanol–water partition coefficient (Wildman–Crippen LogP) is 1.24. The van der Waals surface area contributed by atoms with Crippen molar-refractivity contribution in [3.8, 4) is 0 Å². The third-order valence-electron chi connectivity index (χ3n) is 3.03.